The van der Waals surface area contributed by atoms with Crippen LogP contribution in [0.2, 0.25) is 19.6 Å². The minimum Gasteiger partial charge on any atom is -0.493 e. The lowest BCUT2D eigenvalue weighted by Gasteiger charge is -2.38. The van der Waals surface area contributed by atoms with Crippen LogP contribution in [0.5, 0.6) is 17.2 Å². The van der Waals surface area contributed by atoms with Crippen molar-refractivity contribution >= 4 is 14.6 Å². The molecule has 0 heterocycles. The van der Waals surface area contributed by atoms with Crippen LogP contribution in [0.15, 0.2) is 30.4 Å². The van der Waals surface area contributed by atoms with E-state index in [1.54, 1.807) is 21.3 Å². The maximum absolute atomic E-state index is 12.8. The molecule has 0 saturated carbocycles. The molecule has 1 atom stereocenters. The van der Waals surface area contributed by atoms with Gasteiger partial charge in [-0.15, -0.1) is 6.58 Å². The van der Waals surface area contributed by atoms with E-state index >= 15 is 0 Å². The predicted octanol–water partition coefficient (Wildman–Crippen LogP) is 6.21. The summed E-state index contributed by atoms with van der Waals surface area (Å²) in [7, 11) is 2.65. The Morgan fingerprint density at radius 1 is 1.06 bits per heavy atom. The van der Waals surface area contributed by atoms with Crippen molar-refractivity contribution < 1.29 is 23.4 Å². The van der Waals surface area contributed by atoms with E-state index in [9.17, 15) is 4.79 Å². The zero-order valence-corrected chi connectivity index (χ0v) is 21.6. The Kier molecular flexibility index (Phi) is 10.5. The number of aryl methyl sites for hydroxylation is 1. The first kappa shape index (κ1) is 27.0. The Labute approximate surface area is 189 Å². The molecule has 0 N–H and O–H groups in total. The SMILES string of the molecule is C=CCCc1cc(OC)c(OC)c(OC)c1C(C=O)(CCCC=C(C)C)O[Si](C)(C)C. The number of hydrogen-bond donors (Lipinski definition) is 0. The molecule has 0 fully saturated rings. The molecular formula is C25H40O5Si. The second kappa shape index (κ2) is 12.1. The molecule has 174 valence electrons. The molecule has 1 unspecified atom stereocenters. The van der Waals surface area contributed by atoms with Gasteiger partial charge in [-0.05, 0) is 77.2 Å². The summed E-state index contributed by atoms with van der Waals surface area (Å²) in [6.45, 7) is 14.3. The summed E-state index contributed by atoms with van der Waals surface area (Å²) >= 11 is 0. The quantitative estimate of drug-likeness (QED) is 0.146. The molecule has 0 bridgehead atoms. The number of methoxy groups -OCH3 is 3. The number of aldehydes is 1. The standard InChI is InChI=1S/C25H40O5Si/c1-10-11-15-20-17-21(27-4)23(28-5)24(29-6)22(20)25(18-26,30-31(7,8)9)16-13-12-14-19(2)3/h10,14,17-18H,1,11-13,15-16H2,2-9H3. The van der Waals surface area contributed by atoms with Crippen LogP contribution in [0, 0.1) is 0 Å². The summed E-state index contributed by atoms with van der Waals surface area (Å²) in [6.07, 6.45) is 8.70. The van der Waals surface area contributed by atoms with Gasteiger partial charge in [0.05, 0.1) is 21.3 Å². The molecule has 0 spiro atoms. The number of carbonyl (C=O) groups is 1. The smallest absolute Gasteiger partial charge is 0.203 e. The Morgan fingerprint density at radius 3 is 2.16 bits per heavy atom. The highest BCUT2D eigenvalue weighted by atomic mass is 28.4. The molecule has 0 aliphatic heterocycles. The third kappa shape index (κ3) is 7.25. The van der Waals surface area contributed by atoms with Crippen LogP contribution in [0.25, 0.3) is 0 Å². The fourth-order valence-corrected chi connectivity index (χ4v) is 5.14. The van der Waals surface area contributed by atoms with E-state index in [2.05, 4.69) is 46.1 Å². The maximum atomic E-state index is 12.8. The topological polar surface area (TPSA) is 54.0 Å². The van der Waals surface area contributed by atoms with E-state index in [0.29, 0.717) is 30.1 Å². The van der Waals surface area contributed by atoms with Gasteiger partial charge in [0.15, 0.2) is 26.1 Å². The normalized spacial score (nSPS) is 13.2. The van der Waals surface area contributed by atoms with Crippen LogP contribution in [0.4, 0.5) is 0 Å². The molecule has 1 rings (SSSR count). The lowest BCUT2D eigenvalue weighted by molar-refractivity contribution is -0.124. The van der Waals surface area contributed by atoms with Crippen molar-refractivity contribution in [1.82, 2.24) is 0 Å². The van der Waals surface area contributed by atoms with Gasteiger partial charge >= 0.3 is 0 Å². The monoisotopic (exact) mass is 448 g/mol. The fourth-order valence-electron chi connectivity index (χ4n) is 3.80. The van der Waals surface area contributed by atoms with Gasteiger partial charge in [0.2, 0.25) is 5.75 Å². The van der Waals surface area contributed by atoms with E-state index in [0.717, 1.165) is 36.7 Å². The summed E-state index contributed by atoms with van der Waals surface area (Å²) in [6, 6.07) is 1.93. The second-order valence-electron chi connectivity index (χ2n) is 8.90. The molecule has 1 aromatic carbocycles. The zero-order valence-electron chi connectivity index (χ0n) is 20.6. The third-order valence-corrected chi connectivity index (χ3v) is 5.91. The number of ether oxygens (including phenoxy) is 3. The van der Waals surface area contributed by atoms with Crippen LogP contribution < -0.4 is 14.2 Å². The number of benzene rings is 1. The summed E-state index contributed by atoms with van der Waals surface area (Å²) in [5.41, 5.74) is 1.82. The average Bonchev–Trinajstić information content (AvgIpc) is 2.71. The number of rotatable bonds is 14. The van der Waals surface area contributed by atoms with Crippen LogP contribution in [-0.4, -0.2) is 35.9 Å². The molecule has 0 radical (unpaired) electrons. The highest BCUT2D eigenvalue weighted by molar-refractivity contribution is 6.70. The Hall–Kier alpha value is -2.05. The number of hydrogen-bond acceptors (Lipinski definition) is 5. The van der Waals surface area contributed by atoms with E-state index in [-0.39, 0.29) is 0 Å². The summed E-state index contributed by atoms with van der Waals surface area (Å²) in [4.78, 5) is 12.8. The van der Waals surface area contributed by atoms with E-state index < -0.39 is 13.9 Å². The van der Waals surface area contributed by atoms with E-state index in [1.165, 1.54) is 5.57 Å². The first-order valence-corrected chi connectivity index (χ1v) is 14.2. The van der Waals surface area contributed by atoms with Gasteiger partial charge in [-0.2, -0.15) is 0 Å². The minimum absolute atomic E-state index is 0.469. The first-order valence-electron chi connectivity index (χ1n) is 10.8. The molecule has 1 aromatic rings. The lowest BCUT2D eigenvalue weighted by Crippen LogP contribution is -2.43. The molecule has 31 heavy (non-hydrogen) atoms. The van der Waals surface area contributed by atoms with Gasteiger partial charge in [0, 0.05) is 5.56 Å². The second-order valence-corrected chi connectivity index (χ2v) is 13.3. The Bertz CT molecular complexity index is 775. The van der Waals surface area contributed by atoms with Gasteiger partial charge in [-0.25, -0.2) is 0 Å². The molecule has 0 saturated heterocycles. The zero-order chi connectivity index (χ0) is 23.7. The average molecular weight is 449 g/mol. The summed E-state index contributed by atoms with van der Waals surface area (Å²) < 4.78 is 23.7. The van der Waals surface area contributed by atoms with Gasteiger partial charge in [-0.3, -0.25) is 4.79 Å². The first-order chi connectivity index (χ1) is 14.6. The largest absolute Gasteiger partial charge is 0.493 e. The van der Waals surface area contributed by atoms with Crippen molar-refractivity contribution in [3.8, 4) is 17.2 Å². The van der Waals surface area contributed by atoms with Gasteiger partial charge in [0.1, 0.15) is 5.60 Å². The third-order valence-electron chi connectivity index (χ3n) is 4.94. The molecule has 6 heteroatoms. The fraction of sp³-hybridized carbons (Fsp3) is 0.560. The van der Waals surface area contributed by atoms with E-state index in [4.69, 9.17) is 18.6 Å². The van der Waals surface area contributed by atoms with Crippen LogP contribution in [0.3, 0.4) is 0 Å². The lowest BCUT2D eigenvalue weighted by atomic mass is 9.84. The van der Waals surface area contributed by atoms with Crippen molar-refractivity contribution in [2.24, 2.45) is 0 Å². The van der Waals surface area contributed by atoms with Gasteiger partial charge < -0.3 is 18.6 Å². The maximum Gasteiger partial charge on any atom is 0.203 e. The van der Waals surface area contributed by atoms with Crippen molar-refractivity contribution in [3.63, 3.8) is 0 Å². The van der Waals surface area contributed by atoms with Crippen LogP contribution >= 0.6 is 0 Å². The Balaban J connectivity index is 3.81. The van der Waals surface area contributed by atoms with Gasteiger partial charge in [0.25, 0.3) is 0 Å². The number of allylic oxidation sites excluding steroid dienone is 3. The highest BCUT2D eigenvalue weighted by Crippen LogP contribution is 2.49. The van der Waals surface area contributed by atoms with Crippen molar-refractivity contribution in [2.75, 3.05) is 21.3 Å². The molecule has 0 aliphatic rings. The minimum atomic E-state index is -2.11. The highest BCUT2D eigenvalue weighted by Gasteiger charge is 2.42. The number of unbranched alkanes of at least 4 members (excludes halogenated alkanes) is 1. The van der Waals surface area contributed by atoms with Crippen molar-refractivity contribution in [3.05, 3.63) is 41.5 Å². The van der Waals surface area contributed by atoms with Crippen LogP contribution in [-0.2, 0) is 21.2 Å². The molecule has 0 amide bonds. The molecule has 0 aliphatic carbocycles. The predicted molar refractivity (Wildman–Crippen MR) is 130 cm³/mol. The van der Waals surface area contributed by atoms with E-state index in [1.807, 2.05) is 12.1 Å². The number of carbonyl (C=O) groups excluding carboxylic acids is 1. The molecular weight excluding hydrogens is 408 g/mol. The summed E-state index contributed by atoms with van der Waals surface area (Å²) in [5, 5.41) is 0. The van der Waals surface area contributed by atoms with Crippen molar-refractivity contribution in [2.45, 2.75) is 71.2 Å². The van der Waals surface area contributed by atoms with Gasteiger partial charge in [-0.1, -0.05) is 17.7 Å². The van der Waals surface area contributed by atoms with Crippen LogP contribution in [0.1, 0.15) is 50.7 Å². The molecule has 5 nitrogen and oxygen atoms in total. The molecule has 0 aromatic heterocycles. The summed E-state index contributed by atoms with van der Waals surface area (Å²) in [5.74, 6) is 1.53. The Morgan fingerprint density at radius 2 is 1.71 bits per heavy atom. The van der Waals surface area contributed by atoms with Crippen molar-refractivity contribution in [1.29, 1.82) is 0 Å².